The third kappa shape index (κ3) is 38.6. The predicted molar refractivity (Wildman–Crippen MR) is 185 cm³/mol. The van der Waals surface area contributed by atoms with Gasteiger partial charge in [-0.2, -0.15) is 0 Å². The fraction of sp³-hybridized carbons (Fsp3) is 0.647. The minimum absolute atomic E-state index is 0. The van der Waals surface area contributed by atoms with Gasteiger partial charge in [0.15, 0.2) is 0 Å². The normalized spacial score (nSPS) is 8.20. The van der Waals surface area contributed by atoms with Crippen LogP contribution in [0, 0.1) is 23.3 Å². The van der Waals surface area contributed by atoms with Crippen molar-refractivity contribution in [3.8, 4) is 0 Å². The van der Waals surface area contributed by atoms with E-state index in [2.05, 4.69) is 29.8 Å². The Hall–Kier alpha value is -1.44. The second kappa shape index (κ2) is 43.0. The molecule has 0 atom stereocenters. The Bertz CT molecular complexity index is 702. The second-order valence-corrected chi connectivity index (χ2v) is 8.29. The van der Waals surface area contributed by atoms with Crippen molar-refractivity contribution in [2.45, 2.75) is 125 Å². The van der Waals surface area contributed by atoms with E-state index in [0.29, 0.717) is 24.2 Å². The first-order valence-corrected chi connectivity index (χ1v) is 12.6. The first kappa shape index (κ1) is 63.0. The molecule has 2 rings (SSSR count). The standard InChI is InChI=1S/C13H18F2O.C8H8F2O.C5H11Br.8CH4/c1-2-3-4-6-16-7-5-11-8-12(14)10-13(15)9-11;9-7-3-6(1-2-11)4-8(10)5-7;1-2-3-4-5-6;;;;;;;;/h8-10H,2-7H2,1H3;3-5,11H,1-2H2;2-5H2,1H3;8*1H4. The number of aliphatic hydroxyl groups excluding tert-OH is 1. The van der Waals surface area contributed by atoms with Crippen molar-refractivity contribution in [2.75, 3.05) is 25.2 Å². The van der Waals surface area contributed by atoms with Crippen LogP contribution >= 0.6 is 15.9 Å². The number of unbranched alkanes of at least 4 members (excludes halogenated alkanes) is 4. The molecule has 0 unspecified atom stereocenters. The summed E-state index contributed by atoms with van der Waals surface area (Å²) in [5.74, 6) is -2.26. The molecule has 252 valence electrons. The molecule has 0 aliphatic rings. The van der Waals surface area contributed by atoms with Crippen molar-refractivity contribution in [1.82, 2.24) is 0 Å². The van der Waals surface area contributed by atoms with Crippen molar-refractivity contribution in [3.63, 3.8) is 0 Å². The maximum atomic E-state index is 12.8. The highest BCUT2D eigenvalue weighted by atomic mass is 79.9. The Kier molecular flexibility index (Phi) is 66.1. The largest absolute Gasteiger partial charge is 0.396 e. The van der Waals surface area contributed by atoms with Gasteiger partial charge in [-0.15, -0.1) is 0 Å². The predicted octanol–water partition coefficient (Wildman–Crippen LogP) is 12.9. The first-order chi connectivity index (χ1) is 15.9. The van der Waals surface area contributed by atoms with Crippen LogP contribution in [-0.4, -0.2) is 30.3 Å². The summed E-state index contributed by atoms with van der Waals surface area (Å²) < 4.78 is 55.9. The Morgan fingerprint density at radius 1 is 0.561 bits per heavy atom. The van der Waals surface area contributed by atoms with E-state index in [4.69, 9.17) is 9.84 Å². The monoisotopic (exact) mass is 664 g/mol. The number of benzene rings is 2. The van der Waals surface area contributed by atoms with Gasteiger partial charge in [-0.3, -0.25) is 0 Å². The minimum Gasteiger partial charge on any atom is -0.396 e. The molecule has 0 aromatic heterocycles. The van der Waals surface area contributed by atoms with Gasteiger partial charge in [0.05, 0.1) is 6.61 Å². The molecule has 2 aromatic rings. The van der Waals surface area contributed by atoms with Crippen LogP contribution in [0.1, 0.15) is 123 Å². The van der Waals surface area contributed by atoms with Crippen molar-refractivity contribution < 1.29 is 27.4 Å². The summed E-state index contributed by atoms with van der Waals surface area (Å²) in [6, 6.07) is 6.79. The number of alkyl halides is 1. The molecule has 0 saturated carbocycles. The summed E-state index contributed by atoms with van der Waals surface area (Å²) in [7, 11) is 0. The fourth-order valence-electron chi connectivity index (χ4n) is 2.73. The van der Waals surface area contributed by atoms with E-state index in [0.717, 1.165) is 31.6 Å². The van der Waals surface area contributed by atoms with Crippen LogP contribution in [-0.2, 0) is 17.6 Å². The molecular formula is C34H69BrF4O2. The van der Waals surface area contributed by atoms with E-state index in [1.165, 1.54) is 55.3 Å². The number of rotatable bonds is 12. The maximum Gasteiger partial charge on any atom is 0.126 e. The zero-order valence-electron chi connectivity index (χ0n) is 19.7. The van der Waals surface area contributed by atoms with Gasteiger partial charge in [-0.1, -0.05) is 115 Å². The lowest BCUT2D eigenvalue weighted by Gasteiger charge is -2.04. The van der Waals surface area contributed by atoms with Crippen LogP contribution in [0.4, 0.5) is 17.6 Å². The molecule has 2 nitrogen and oxygen atoms in total. The molecule has 0 amide bonds. The third-order valence-corrected chi connectivity index (χ3v) is 4.97. The number of aliphatic hydroxyl groups is 1. The lowest BCUT2D eigenvalue weighted by molar-refractivity contribution is 0.133. The highest BCUT2D eigenvalue weighted by molar-refractivity contribution is 9.09. The summed E-state index contributed by atoms with van der Waals surface area (Å²) in [5, 5.41) is 9.62. The van der Waals surface area contributed by atoms with E-state index in [1.807, 2.05) is 0 Å². The molecule has 0 radical (unpaired) electrons. The molecule has 0 heterocycles. The number of halogens is 5. The Labute approximate surface area is 263 Å². The Balaban J connectivity index is -0.0000000525. The van der Waals surface area contributed by atoms with E-state index in [1.54, 1.807) is 0 Å². The summed E-state index contributed by atoms with van der Waals surface area (Å²) in [5.41, 5.74) is 1.12. The van der Waals surface area contributed by atoms with Crippen LogP contribution < -0.4 is 0 Å². The third-order valence-electron chi connectivity index (χ3n) is 4.41. The summed E-state index contributed by atoms with van der Waals surface area (Å²) in [4.78, 5) is 0. The van der Waals surface area contributed by atoms with Gasteiger partial charge in [0.1, 0.15) is 23.3 Å². The molecule has 41 heavy (non-hydrogen) atoms. The quantitative estimate of drug-likeness (QED) is 0.139. The maximum absolute atomic E-state index is 12.8. The summed E-state index contributed by atoms with van der Waals surface area (Å²) >= 11 is 3.35. The van der Waals surface area contributed by atoms with E-state index in [9.17, 15) is 17.6 Å². The smallest absolute Gasteiger partial charge is 0.126 e. The highest BCUT2D eigenvalue weighted by Crippen LogP contribution is 2.09. The van der Waals surface area contributed by atoms with Crippen LogP contribution in [0.3, 0.4) is 0 Å². The number of ether oxygens (including phenoxy) is 1. The number of hydrogen-bond donors (Lipinski definition) is 1. The Morgan fingerprint density at radius 2 is 0.927 bits per heavy atom. The SMILES string of the molecule is C.C.C.C.C.C.C.C.CCCCCBr.CCCCCOCCc1cc(F)cc(F)c1.OCCc1cc(F)cc(F)c1. The molecule has 7 heteroatoms. The molecular weight excluding hydrogens is 596 g/mol. The number of hydrogen-bond acceptors (Lipinski definition) is 2. The lowest BCUT2D eigenvalue weighted by atomic mass is 10.1. The van der Waals surface area contributed by atoms with Crippen molar-refractivity contribution >= 4 is 15.9 Å². The van der Waals surface area contributed by atoms with Crippen LogP contribution in [0.15, 0.2) is 36.4 Å². The van der Waals surface area contributed by atoms with Crippen LogP contribution in [0.2, 0.25) is 0 Å². The fourth-order valence-corrected chi connectivity index (χ4v) is 3.13. The highest BCUT2D eigenvalue weighted by Gasteiger charge is 2.01. The Morgan fingerprint density at radius 3 is 1.24 bits per heavy atom. The molecule has 2 aromatic carbocycles. The van der Waals surface area contributed by atoms with Crippen LogP contribution in [0.5, 0.6) is 0 Å². The molecule has 0 spiro atoms. The molecule has 1 N–H and O–H groups in total. The average Bonchev–Trinajstić information content (AvgIpc) is 2.74. The van der Waals surface area contributed by atoms with Gasteiger partial charge >= 0.3 is 0 Å². The summed E-state index contributed by atoms with van der Waals surface area (Å²) in [6.07, 6.45) is 8.24. The van der Waals surface area contributed by atoms with Gasteiger partial charge in [0.25, 0.3) is 0 Å². The van der Waals surface area contributed by atoms with Crippen molar-refractivity contribution in [2.24, 2.45) is 0 Å². The molecule has 0 saturated heterocycles. The molecule has 0 bridgehead atoms. The topological polar surface area (TPSA) is 29.5 Å². The molecule has 0 fully saturated rings. The van der Waals surface area contributed by atoms with Crippen molar-refractivity contribution in [3.05, 3.63) is 70.8 Å². The lowest BCUT2D eigenvalue weighted by Crippen LogP contribution is -2.01. The van der Waals surface area contributed by atoms with E-state index >= 15 is 0 Å². The minimum atomic E-state index is -0.603. The zero-order valence-corrected chi connectivity index (χ0v) is 21.3. The summed E-state index contributed by atoms with van der Waals surface area (Å²) in [6.45, 7) is 5.50. The van der Waals surface area contributed by atoms with Gasteiger partial charge < -0.3 is 9.84 Å². The molecule has 0 aliphatic heterocycles. The van der Waals surface area contributed by atoms with Gasteiger partial charge in [-0.05, 0) is 61.1 Å². The molecule has 0 aliphatic carbocycles. The van der Waals surface area contributed by atoms with E-state index in [-0.39, 0.29) is 72.4 Å². The average molecular weight is 666 g/mol. The van der Waals surface area contributed by atoms with Gasteiger partial charge in [-0.25, -0.2) is 17.6 Å². The zero-order chi connectivity index (χ0) is 24.9. The van der Waals surface area contributed by atoms with E-state index < -0.39 is 23.3 Å². The van der Waals surface area contributed by atoms with Gasteiger partial charge in [0, 0.05) is 30.7 Å². The second-order valence-electron chi connectivity index (χ2n) is 7.49. The first-order valence-electron chi connectivity index (χ1n) is 11.5. The van der Waals surface area contributed by atoms with Crippen LogP contribution in [0.25, 0.3) is 0 Å². The van der Waals surface area contributed by atoms with Gasteiger partial charge in [0.2, 0.25) is 0 Å². The van der Waals surface area contributed by atoms with Crippen molar-refractivity contribution in [1.29, 1.82) is 0 Å².